The van der Waals surface area contributed by atoms with Gasteiger partial charge in [-0.05, 0) is 53.5 Å². The molecule has 1 spiro atoms. The van der Waals surface area contributed by atoms with Crippen LogP contribution in [0.5, 0.6) is 0 Å². The first-order chi connectivity index (χ1) is 13.6. The summed E-state index contributed by atoms with van der Waals surface area (Å²) in [6.45, 7) is 9.93. The molecule has 2 saturated heterocycles. The van der Waals surface area contributed by atoms with E-state index in [1.54, 1.807) is 36.6 Å². The molecule has 0 unspecified atom stereocenters. The molecule has 2 fully saturated rings. The van der Waals surface area contributed by atoms with Crippen LogP contribution in [0.1, 0.15) is 55.5 Å². The summed E-state index contributed by atoms with van der Waals surface area (Å²) >= 11 is 0. The molecular formula is C21H30N2O6. The molecule has 0 radical (unpaired) electrons. The van der Waals surface area contributed by atoms with E-state index in [0.29, 0.717) is 43.0 Å². The van der Waals surface area contributed by atoms with Gasteiger partial charge in [0.15, 0.2) is 0 Å². The number of aliphatic hydroxyl groups is 1. The van der Waals surface area contributed by atoms with Gasteiger partial charge in [0.25, 0.3) is 11.8 Å². The zero-order valence-corrected chi connectivity index (χ0v) is 17.7. The number of ether oxygens (including phenoxy) is 1. The summed E-state index contributed by atoms with van der Waals surface area (Å²) in [7, 11) is 0. The summed E-state index contributed by atoms with van der Waals surface area (Å²) < 4.78 is 10.7. The maximum absolute atomic E-state index is 12.9. The highest BCUT2D eigenvalue weighted by atomic mass is 16.5. The van der Waals surface area contributed by atoms with Crippen LogP contribution in [-0.4, -0.2) is 70.1 Å². The Balaban J connectivity index is 1.87. The molecule has 1 aromatic heterocycles. The highest BCUT2D eigenvalue weighted by Gasteiger charge is 2.63. The number of carbonyl (C=O) groups is 3. The van der Waals surface area contributed by atoms with Gasteiger partial charge in [0.1, 0.15) is 23.5 Å². The molecule has 0 bridgehead atoms. The van der Waals surface area contributed by atoms with Gasteiger partial charge in [-0.2, -0.15) is 0 Å². The number of likely N-dealkylation sites (tertiary alicyclic amines) is 2. The zero-order chi connectivity index (χ0) is 21.5. The molecule has 3 rings (SSSR count). The van der Waals surface area contributed by atoms with Crippen LogP contribution in [0.2, 0.25) is 0 Å². The van der Waals surface area contributed by atoms with Gasteiger partial charge in [0, 0.05) is 19.1 Å². The van der Waals surface area contributed by atoms with Crippen molar-refractivity contribution in [1.82, 2.24) is 9.80 Å². The number of aryl methyl sites for hydroxylation is 2. The van der Waals surface area contributed by atoms with E-state index in [4.69, 9.17) is 9.15 Å². The SMILES string of the molecule is CCOC(=O)[C@H]1[C@@H](O)C(=O)N(C(C)C)C12CCN(C(=O)c1cc(C)oc1C)CC2. The van der Waals surface area contributed by atoms with Gasteiger partial charge in [0.2, 0.25) is 0 Å². The lowest BCUT2D eigenvalue weighted by atomic mass is 9.75. The first-order valence-corrected chi connectivity index (χ1v) is 10.2. The zero-order valence-electron chi connectivity index (χ0n) is 17.7. The Morgan fingerprint density at radius 1 is 1.31 bits per heavy atom. The van der Waals surface area contributed by atoms with E-state index < -0.39 is 29.4 Å². The first-order valence-electron chi connectivity index (χ1n) is 10.2. The summed E-state index contributed by atoms with van der Waals surface area (Å²) in [6.07, 6.45) is -0.615. The predicted octanol–water partition coefficient (Wildman–Crippen LogP) is 1.66. The molecule has 8 nitrogen and oxygen atoms in total. The van der Waals surface area contributed by atoms with E-state index >= 15 is 0 Å². The molecule has 2 aliphatic heterocycles. The lowest BCUT2D eigenvalue weighted by molar-refractivity contribution is -0.156. The predicted molar refractivity (Wildman–Crippen MR) is 104 cm³/mol. The topological polar surface area (TPSA) is 100 Å². The fourth-order valence-electron chi connectivity index (χ4n) is 4.96. The maximum Gasteiger partial charge on any atom is 0.314 e. The second-order valence-electron chi connectivity index (χ2n) is 8.20. The van der Waals surface area contributed by atoms with Crippen LogP contribution in [0.15, 0.2) is 10.5 Å². The van der Waals surface area contributed by atoms with E-state index in [1.807, 2.05) is 13.8 Å². The van der Waals surface area contributed by atoms with Gasteiger partial charge >= 0.3 is 5.97 Å². The van der Waals surface area contributed by atoms with Crippen molar-refractivity contribution in [2.24, 2.45) is 5.92 Å². The highest BCUT2D eigenvalue weighted by Crippen LogP contribution is 2.45. The van der Waals surface area contributed by atoms with Crippen molar-refractivity contribution in [1.29, 1.82) is 0 Å². The van der Waals surface area contributed by atoms with Gasteiger partial charge in [0.05, 0.1) is 17.7 Å². The molecule has 3 heterocycles. The lowest BCUT2D eigenvalue weighted by Crippen LogP contribution is -2.60. The van der Waals surface area contributed by atoms with Gasteiger partial charge in [-0.25, -0.2) is 0 Å². The number of piperidine rings is 1. The second-order valence-corrected chi connectivity index (χ2v) is 8.20. The smallest absolute Gasteiger partial charge is 0.314 e. The fourth-order valence-corrected chi connectivity index (χ4v) is 4.96. The number of amides is 2. The molecule has 0 aromatic carbocycles. The number of rotatable bonds is 4. The Labute approximate surface area is 170 Å². The summed E-state index contributed by atoms with van der Waals surface area (Å²) in [6, 6.07) is 1.55. The average Bonchev–Trinajstić information content (AvgIpc) is 3.09. The van der Waals surface area contributed by atoms with Crippen molar-refractivity contribution in [3.05, 3.63) is 23.2 Å². The third-order valence-corrected chi connectivity index (χ3v) is 6.11. The molecule has 8 heteroatoms. The Morgan fingerprint density at radius 3 is 2.41 bits per heavy atom. The molecule has 1 N–H and O–H groups in total. The van der Waals surface area contributed by atoms with Crippen molar-refractivity contribution < 1.29 is 28.6 Å². The first kappa shape index (κ1) is 21.4. The second kappa shape index (κ2) is 7.82. The maximum atomic E-state index is 12.9. The van der Waals surface area contributed by atoms with Crippen molar-refractivity contribution in [3.8, 4) is 0 Å². The summed E-state index contributed by atoms with van der Waals surface area (Å²) in [5.74, 6) is -0.822. The monoisotopic (exact) mass is 406 g/mol. The van der Waals surface area contributed by atoms with Crippen LogP contribution in [-0.2, 0) is 14.3 Å². The molecule has 2 aliphatic rings. The van der Waals surface area contributed by atoms with Crippen molar-refractivity contribution in [2.75, 3.05) is 19.7 Å². The molecular weight excluding hydrogens is 376 g/mol. The quantitative estimate of drug-likeness (QED) is 0.764. The van der Waals surface area contributed by atoms with Crippen molar-refractivity contribution in [3.63, 3.8) is 0 Å². The molecule has 29 heavy (non-hydrogen) atoms. The fraction of sp³-hybridized carbons (Fsp3) is 0.667. The lowest BCUT2D eigenvalue weighted by Gasteiger charge is -2.48. The molecule has 160 valence electrons. The molecule has 2 amide bonds. The van der Waals surface area contributed by atoms with E-state index in [2.05, 4.69) is 0 Å². The van der Waals surface area contributed by atoms with Crippen molar-refractivity contribution in [2.45, 2.75) is 65.1 Å². The number of carbonyl (C=O) groups excluding carboxylic acids is 3. The van der Waals surface area contributed by atoms with Crippen LogP contribution in [0.3, 0.4) is 0 Å². The minimum absolute atomic E-state index is 0.122. The van der Waals surface area contributed by atoms with Crippen LogP contribution in [0.4, 0.5) is 0 Å². The van der Waals surface area contributed by atoms with Gasteiger partial charge < -0.3 is 24.1 Å². The number of nitrogens with zero attached hydrogens (tertiary/aromatic N) is 2. The van der Waals surface area contributed by atoms with Gasteiger partial charge in [-0.15, -0.1) is 0 Å². The number of furan rings is 1. The number of esters is 1. The largest absolute Gasteiger partial charge is 0.466 e. The standard InChI is InChI=1S/C21H30N2O6/c1-6-28-20(27)16-17(24)19(26)23(12(2)3)21(16)7-9-22(10-8-21)18(25)15-11-13(4)29-14(15)5/h11-12,16-17,24H,6-10H2,1-5H3/t16-,17-/m1/s1. The van der Waals surface area contributed by atoms with Crippen molar-refractivity contribution >= 4 is 17.8 Å². The third kappa shape index (κ3) is 3.43. The Bertz CT molecular complexity index is 806. The highest BCUT2D eigenvalue weighted by molar-refractivity contribution is 5.96. The van der Waals surface area contributed by atoms with Crippen LogP contribution in [0.25, 0.3) is 0 Å². The minimum atomic E-state index is -1.42. The Kier molecular flexibility index (Phi) is 5.76. The number of aliphatic hydroxyl groups excluding tert-OH is 1. The van der Waals surface area contributed by atoms with E-state index in [9.17, 15) is 19.5 Å². The summed E-state index contributed by atoms with van der Waals surface area (Å²) in [5, 5.41) is 10.6. The van der Waals surface area contributed by atoms with Crippen LogP contribution < -0.4 is 0 Å². The average molecular weight is 406 g/mol. The number of hydrogen-bond donors (Lipinski definition) is 1. The van der Waals surface area contributed by atoms with Crippen LogP contribution >= 0.6 is 0 Å². The van der Waals surface area contributed by atoms with E-state index in [0.717, 1.165) is 0 Å². The Morgan fingerprint density at radius 2 is 1.93 bits per heavy atom. The summed E-state index contributed by atoms with van der Waals surface area (Å²) in [4.78, 5) is 41.8. The molecule has 1 aromatic rings. The van der Waals surface area contributed by atoms with E-state index in [1.165, 1.54) is 0 Å². The Hall–Kier alpha value is -2.35. The van der Waals surface area contributed by atoms with Crippen LogP contribution in [0, 0.1) is 19.8 Å². The molecule has 2 atom stereocenters. The third-order valence-electron chi connectivity index (χ3n) is 6.11. The van der Waals surface area contributed by atoms with E-state index in [-0.39, 0.29) is 18.6 Å². The summed E-state index contributed by atoms with van der Waals surface area (Å²) in [5.41, 5.74) is -0.321. The van der Waals surface area contributed by atoms with Gasteiger partial charge in [-0.3, -0.25) is 14.4 Å². The molecule has 0 aliphatic carbocycles. The normalized spacial score (nSPS) is 23.9. The minimum Gasteiger partial charge on any atom is -0.466 e. The van der Waals surface area contributed by atoms with Gasteiger partial charge in [-0.1, -0.05) is 0 Å². The number of hydrogen-bond acceptors (Lipinski definition) is 6. The molecule has 0 saturated carbocycles.